The molecule has 0 saturated carbocycles. The summed E-state index contributed by atoms with van der Waals surface area (Å²) < 4.78 is 0. The predicted octanol–water partition coefficient (Wildman–Crippen LogP) is 2.35. The third kappa shape index (κ3) is 4.02. The molecule has 3 heterocycles. The molecular formula is C19H27N5S. The largest absolute Gasteiger partial charge is 0.398 e. The van der Waals surface area contributed by atoms with Crippen LogP contribution in [0.4, 0.5) is 0 Å². The number of thiocarbonyl (C=S) groups is 1. The quantitative estimate of drug-likeness (QED) is 0.534. The van der Waals surface area contributed by atoms with E-state index in [1.165, 1.54) is 37.5 Å². The van der Waals surface area contributed by atoms with E-state index in [4.69, 9.17) is 18.0 Å². The zero-order chi connectivity index (χ0) is 17.7. The monoisotopic (exact) mass is 357 g/mol. The highest BCUT2D eigenvalue weighted by molar-refractivity contribution is 7.79. The van der Waals surface area contributed by atoms with Crippen LogP contribution < -0.4 is 16.5 Å². The number of piperidine rings is 2. The lowest BCUT2D eigenvalue weighted by Gasteiger charge is -2.47. The normalized spacial score (nSPS) is 31.3. The standard InChI is InChI=1S/C19H27N5S/c1-15-16(17(20)6-12-25)13-23-22-10-5-18(15)24-11-4-8-19(14-24)7-2-3-9-21-19/h5-6,10,12-13,21,23H,1-4,7-9,11,14,20H2/b16-13+,17-6?,18-5?,22-10-. The molecule has 0 aliphatic carbocycles. The number of likely N-dealkylation sites (tertiary alicyclic amines) is 1. The maximum Gasteiger partial charge on any atom is 0.0492 e. The van der Waals surface area contributed by atoms with Crippen molar-refractivity contribution in [1.82, 2.24) is 15.6 Å². The summed E-state index contributed by atoms with van der Waals surface area (Å²) in [5, 5.41) is 9.49. The highest BCUT2D eigenvalue weighted by Crippen LogP contribution is 2.34. The Labute approximate surface area is 155 Å². The van der Waals surface area contributed by atoms with Crippen LogP contribution in [-0.4, -0.2) is 41.7 Å². The minimum Gasteiger partial charge on any atom is -0.398 e. The van der Waals surface area contributed by atoms with Crippen LogP contribution in [0.1, 0.15) is 32.1 Å². The number of nitrogens with two attached hydrogens (primary N) is 1. The Hall–Kier alpha value is -1.92. The fourth-order valence-corrected chi connectivity index (χ4v) is 4.16. The first-order valence-electron chi connectivity index (χ1n) is 8.95. The number of rotatable bonds is 3. The van der Waals surface area contributed by atoms with E-state index in [2.05, 4.69) is 27.3 Å². The van der Waals surface area contributed by atoms with Gasteiger partial charge in [0.1, 0.15) is 0 Å². The van der Waals surface area contributed by atoms with E-state index in [0.29, 0.717) is 5.70 Å². The van der Waals surface area contributed by atoms with Gasteiger partial charge in [0.2, 0.25) is 0 Å². The molecule has 25 heavy (non-hydrogen) atoms. The van der Waals surface area contributed by atoms with Crippen LogP contribution in [0.3, 0.4) is 0 Å². The number of nitrogens with one attached hydrogen (secondary N) is 2. The minimum atomic E-state index is 0.231. The molecule has 1 atom stereocenters. The summed E-state index contributed by atoms with van der Waals surface area (Å²) in [6.07, 6.45) is 13.6. The molecule has 2 saturated heterocycles. The van der Waals surface area contributed by atoms with E-state index in [9.17, 15) is 0 Å². The Morgan fingerprint density at radius 2 is 2.20 bits per heavy atom. The Morgan fingerprint density at radius 3 is 2.96 bits per heavy atom. The second-order valence-corrected chi connectivity index (χ2v) is 7.22. The molecule has 3 aliphatic rings. The molecular weight excluding hydrogens is 330 g/mol. The highest BCUT2D eigenvalue weighted by atomic mass is 32.1. The van der Waals surface area contributed by atoms with Crippen LogP contribution in [0.2, 0.25) is 0 Å². The number of hydrazone groups is 1. The molecule has 1 unspecified atom stereocenters. The van der Waals surface area contributed by atoms with Crippen LogP contribution in [0.25, 0.3) is 0 Å². The van der Waals surface area contributed by atoms with Gasteiger partial charge in [0.25, 0.3) is 0 Å². The Morgan fingerprint density at radius 1 is 1.36 bits per heavy atom. The van der Waals surface area contributed by atoms with Gasteiger partial charge < -0.3 is 16.0 Å². The van der Waals surface area contributed by atoms with Crippen molar-refractivity contribution in [3.05, 3.63) is 47.5 Å². The van der Waals surface area contributed by atoms with E-state index in [1.807, 2.05) is 6.08 Å². The minimum absolute atomic E-state index is 0.231. The Balaban J connectivity index is 1.86. The van der Waals surface area contributed by atoms with Gasteiger partial charge in [-0.05, 0) is 44.4 Å². The zero-order valence-corrected chi connectivity index (χ0v) is 15.4. The van der Waals surface area contributed by atoms with E-state index in [-0.39, 0.29) is 5.54 Å². The van der Waals surface area contributed by atoms with E-state index < -0.39 is 0 Å². The Kier molecular flexibility index (Phi) is 5.71. The van der Waals surface area contributed by atoms with Crippen molar-refractivity contribution in [2.24, 2.45) is 10.8 Å². The molecule has 5 nitrogen and oxygen atoms in total. The summed E-state index contributed by atoms with van der Waals surface area (Å²) in [7, 11) is 0. The number of hydrogen-bond donors (Lipinski definition) is 3. The van der Waals surface area contributed by atoms with E-state index in [0.717, 1.165) is 36.5 Å². The van der Waals surface area contributed by atoms with Crippen molar-refractivity contribution < 1.29 is 0 Å². The molecule has 1 spiro atoms. The molecule has 0 bridgehead atoms. The van der Waals surface area contributed by atoms with E-state index in [1.54, 1.807) is 18.5 Å². The Bertz CT molecular complexity index is 647. The summed E-state index contributed by atoms with van der Waals surface area (Å²) in [5.41, 5.74) is 12.7. The summed E-state index contributed by atoms with van der Waals surface area (Å²) in [4.78, 5) is 2.43. The second kappa shape index (κ2) is 7.97. The molecule has 134 valence electrons. The van der Waals surface area contributed by atoms with Crippen LogP contribution in [0.5, 0.6) is 0 Å². The van der Waals surface area contributed by atoms with E-state index >= 15 is 0 Å². The first-order chi connectivity index (χ1) is 12.2. The highest BCUT2D eigenvalue weighted by Gasteiger charge is 2.37. The summed E-state index contributed by atoms with van der Waals surface area (Å²) in [6.45, 7) is 7.47. The number of nitrogens with zero attached hydrogens (tertiary/aromatic N) is 2. The van der Waals surface area contributed by atoms with Crippen molar-refractivity contribution in [1.29, 1.82) is 0 Å². The van der Waals surface area contributed by atoms with Gasteiger partial charge in [-0.15, -0.1) is 0 Å². The van der Waals surface area contributed by atoms with Crippen LogP contribution in [0, 0.1) is 0 Å². The maximum absolute atomic E-state index is 6.18. The fourth-order valence-electron chi connectivity index (χ4n) is 4.01. The maximum atomic E-state index is 6.18. The van der Waals surface area contributed by atoms with Crippen molar-refractivity contribution in [3.63, 3.8) is 0 Å². The van der Waals surface area contributed by atoms with Gasteiger partial charge in [-0.3, -0.25) is 5.43 Å². The van der Waals surface area contributed by atoms with Gasteiger partial charge in [-0.25, -0.2) is 0 Å². The van der Waals surface area contributed by atoms with Crippen molar-refractivity contribution in [2.75, 3.05) is 19.6 Å². The van der Waals surface area contributed by atoms with Crippen LogP contribution in [-0.2, 0) is 0 Å². The van der Waals surface area contributed by atoms with Gasteiger partial charge >= 0.3 is 0 Å². The van der Waals surface area contributed by atoms with Gasteiger partial charge in [0, 0.05) is 59.0 Å². The molecule has 0 amide bonds. The summed E-state index contributed by atoms with van der Waals surface area (Å²) >= 11 is 4.91. The van der Waals surface area contributed by atoms with Crippen molar-refractivity contribution in [2.45, 2.75) is 37.6 Å². The first-order valence-corrected chi connectivity index (χ1v) is 9.42. The average molecular weight is 358 g/mol. The summed E-state index contributed by atoms with van der Waals surface area (Å²) in [6, 6.07) is 0. The molecule has 6 heteroatoms. The molecule has 0 radical (unpaired) electrons. The van der Waals surface area contributed by atoms with Crippen LogP contribution in [0.15, 0.2) is 52.6 Å². The first kappa shape index (κ1) is 17.9. The molecule has 2 fully saturated rings. The zero-order valence-electron chi connectivity index (χ0n) is 14.6. The molecule has 3 aliphatic heterocycles. The van der Waals surface area contributed by atoms with Gasteiger partial charge in [0.15, 0.2) is 0 Å². The smallest absolute Gasteiger partial charge is 0.0492 e. The predicted molar refractivity (Wildman–Crippen MR) is 108 cm³/mol. The topological polar surface area (TPSA) is 65.7 Å². The molecule has 4 N–H and O–H groups in total. The molecule has 0 aromatic rings. The second-order valence-electron chi connectivity index (χ2n) is 6.94. The van der Waals surface area contributed by atoms with Gasteiger partial charge in [0.05, 0.1) is 0 Å². The fraction of sp³-hybridized carbons (Fsp3) is 0.474. The molecule has 0 aromatic carbocycles. The third-order valence-electron chi connectivity index (χ3n) is 5.28. The number of hydrogen-bond acceptors (Lipinski definition) is 6. The average Bonchev–Trinajstić information content (AvgIpc) is 2.59. The van der Waals surface area contributed by atoms with Crippen molar-refractivity contribution in [3.8, 4) is 0 Å². The SMILES string of the molecule is C=C1C(N2CCCC3(CCCCN3)C2)=C/C=N\N/C=C\1C(N)=CC=S. The third-order valence-corrected chi connectivity index (χ3v) is 5.42. The lowest BCUT2D eigenvalue weighted by atomic mass is 9.81. The lowest BCUT2D eigenvalue weighted by molar-refractivity contribution is 0.124. The molecule has 0 aromatic heterocycles. The van der Waals surface area contributed by atoms with Crippen molar-refractivity contribution >= 4 is 23.8 Å². The number of allylic oxidation sites excluding steroid dienone is 4. The summed E-state index contributed by atoms with van der Waals surface area (Å²) in [5.74, 6) is 0. The van der Waals surface area contributed by atoms with Gasteiger partial charge in [-0.2, -0.15) is 5.10 Å². The van der Waals surface area contributed by atoms with Crippen LogP contribution >= 0.6 is 12.2 Å². The lowest BCUT2D eigenvalue weighted by Crippen LogP contribution is -2.58. The van der Waals surface area contributed by atoms with Gasteiger partial charge in [-0.1, -0.05) is 25.2 Å². The molecule has 3 rings (SSSR count).